The smallest absolute Gasteiger partial charge is 0.101 e. The fraction of sp³-hybridized carbons (Fsp3) is 0.533. The SMILES string of the molecule is COC1CC(Nc2cc(C)ccc2C#N)C1(C)C. The first-order valence-electron chi connectivity index (χ1n) is 6.29. The third kappa shape index (κ3) is 2.09. The van der Waals surface area contributed by atoms with E-state index in [1.165, 1.54) is 0 Å². The van der Waals surface area contributed by atoms with Gasteiger partial charge in [-0.2, -0.15) is 5.26 Å². The summed E-state index contributed by atoms with van der Waals surface area (Å²) in [6.07, 6.45) is 1.29. The van der Waals surface area contributed by atoms with Crippen LogP contribution in [0.2, 0.25) is 0 Å². The summed E-state index contributed by atoms with van der Waals surface area (Å²) in [5, 5.41) is 12.6. The van der Waals surface area contributed by atoms with E-state index in [0.717, 1.165) is 17.7 Å². The molecule has 0 aromatic heterocycles. The maximum absolute atomic E-state index is 9.13. The van der Waals surface area contributed by atoms with Crippen LogP contribution in [0.3, 0.4) is 0 Å². The van der Waals surface area contributed by atoms with Crippen LogP contribution in [0.5, 0.6) is 0 Å². The van der Waals surface area contributed by atoms with Crippen LogP contribution in [0.4, 0.5) is 5.69 Å². The third-order valence-electron chi connectivity index (χ3n) is 4.09. The summed E-state index contributed by atoms with van der Waals surface area (Å²) < 4.78 is 5.44. The first-order chi connectivity index (χ1) is 8.48. The number of ether oxygens (including phenoxy) is 1. The number of benzene rings is 1. The molecule has 3 heteroatoms. The highest BCUT2D eigenvalue weighted by Crippen LogP contribution is 2.44. The van der Waals surface area contributed by atoms with Crippen molar-refractivity contribution in [1.82, 2.24) is 0 Å². The molecular weight excluding hydrogens is 224 g/mol. The summed E-state index contributed by atoms with van der Waals surface area (Å²) in [7, 11) is 1.76. The minimum Gasteiger partial charge on any atom is -0.381 e. The number of nitriles is 1. The van der Waals surface area contributed by atoms with Crippen molar-refractivity contribution >= 4 is 5.69 Å². The van der Waals surface area contributed by atoms with Gasteiger partial charge in [-0.05, 0) is 31.0 Å². The lowest BCUT2D eigenvalue weighted by molar-refractivity contribution is -0.0794. The predicted molar refractivity (Wildman–Crippen MR) is 72.5 cm³/mol. The standard InChI is InChI=1S/C15H20N2O/c1-10-5-6-11(9-16)12(7-10)17-13-8-14(18-4)15(13,2)3/h5-7,13-14,17H,8H2,1-4H3. The van der Waals surface area contributed by atoms with Crippen molar-refractivity contribution in [3.8, 4) is 6.07 Å². The van der Waals surface area contributed by atoms with Crippen LogP contribution >= 0.6 is 0 Å². The van der Waals surface area contributed by atoms with Gasteiger partial charge in [0.05, 0.1) is 17.4 Å². The van der Waals surface area contributed by atoms with Crippen LogP contribution in [0.15, 0.2) is 18.2 Å². The van der Waals surface area contributed by atoms with Crippen molar-refractivity contribution < 1.29 is 4.74 Å². The van der Waals surface area contributed by atoms with Gasteiger partial charge < -0.3 is 10.1 Å². The molecule has 0 radical (unpaired) electrons. The Hall–Kier alpha value is -1.53. The molecule has 1 aliphatic carbocycles. The van der Waals surface area contributed by atoms with Crippen LogP contribution in [-0.4, -0.2) is 19.3 Å². The normalized spacial score (nSPS) is 25.1. The molecule has 2 unspecified atom stereocenters. The Kier molecular flexibility index (Phi) is 3.32. The number of hydrogen-bond acceptors (Lipinski definition) is 3. The minimum absolute atomic E-state index is 0.102. The molecule has 0 bridgehead atoms. The average molecular weight is 244 g/mol. The molecule has 0 amide bonds. The predicted octanol–water partition coefficient (Wildman–Crippen LogP) is 3.09. The molecule has 1 saturated carbocycles. The molecule has 1 N–H and O–H groups in total. The topological polar surface area (TPSA) is 45.0 Å². The molecule has 18 heavy (non-hydrogen) atoms. The van der Waals surface area contributed by atoms with Gasteiger partial charge in [0.1, 0.15) is 6.07 Å². The fourth-order valence-corrected chi connectivity index (χ4v) is 2.59. The highest BCUT2D eigenvalue weighted by molar-refractivity contribution is 5.59. The number of anilines is 1. The third-order valence-corrected chi connectivity index (χ3v) is 4.09. The second kappa shape index (κ2) is 4.62. The summed E-state index contributed by atoms with van der Waals surface area (Å²) in [5.41, 5.74) is 2.91. The molecule has 2 rings (SSSR count). The van der Waals surface area contributed by atoms with Crippen molar-refractivity contribution in [2.75, 3.05) is 12.4 Å². The Labute approximate surface area is 109 Å². The lowest BCUT2D eigenvalue weighted by atomic mass is 9.64. The van der Waals surface area contributed by atoms with E-state index in [0.29, 0.717) is 17.7 Å². The van der Waals surface area contributed by atoms with Crippen LogP contribution in [0.1, 0.15) is 31.4 Å². The van der Waals surface area contributed by atoms with Crippen molar-refractivity contribution in [2.24, 2.45) is 5.41 Å². The molecule has 3 nitrogen and oxygen atoms in total. The minimum atomic E-state index is 0.102. The molecule has 0 aliphatic heterocycles. The van der Waals surface area contributed by atoms with E-state index >= 15 is 0 Å². The Morgan fingerprint density at radius 3 is 2.72 bits per heavy atom. The number of nitrogens with zero attached hydrogens (tertiary/aromatic N) is 1. The molecule has 0 heterocycles. The van der Waals surface area contributed by atoms with Gasteiger partial charge in [-0.25, -0.2) is 0 Å². The molecule has 96 valence electrons. The van der Waals surface area contributed by atoms with Crippen LogP contribution in [-0.2, 0) is 4.74 Å². The van der Waals surface area contributed by atoms with Gasteiger partial charge in [-0.15, -0.1) is 0 Å². The Balaban J connectivity index is 2.17. The zero-order valence-electron chi connectivity index (χ0n) is 11.4. The fourth-order valence-electron chi connectivity index (χ4n) is 2.59. The van der Waals surface area contributed by atoms with Gasteiger partial charge in [-0.1, -0.05) is 19.9 Å². The number of methoxy groups -OCH3 is 1. The zero-order valence-corrected chi connectivity index (χ0v) is 11.4. The van der Waals surface area contributed by atoms with E-state index in [1.807, 2.05) is 25.1 Å². The quantitative estimate of drug-likeness (QED) is 0.888. The maximum atomic E-state index is 9.13. The van der Waals surface area contributed by atoms with E-state index in [9.17, 15) is 0 Å². The lowest BCUT2D eigenvalue weighted by Gasteiger charge is -2.51. The average Bonchev–Trinajstić information content (AvgIpc) is 2.34. The summed E-state index contributed by atoms with van der Waals surface area (Å²) in [6, 6.07) is 8.47. The number of aryl methyl sites for hydroxylation is 1. The van der Waals surface area contributed by atoms with E-state index in [2.05, 4.69) is 25.2 Å². The van der Waals surface area contributed by atoms with Gasteiger partial charge in [0.25, 0.3) is 0 Å². The number of rotatable bonds is 3. The van der Waals surface area contributed by atoms with Gasteiger partial charge in [0.2, 0.25) is 0 Å². The second-order valence-corrected chi connectivity index (χ2v) is 5.64. The Morgan fingerprint density at radius 1 is 1.44 bits per heavy atom. The van der Waals surface area contributed by atoms with Gasteiger partial charge in [0, 0.05) is 18.6 Å². The van der Waals surface area contributed by atoms with Crippen molar-refractivity contribution in [3.05, 3.63) is 29.3 Å². The molecule has 1 aromatic carbocycles. The first kappa shape index (κ1) is 12.9. The van der Waals surface area contributed by atoms with Gasteiger partial charge in [0.15, 0.2) is 0 Å². The number of hydrogen-bond donors (Lipinski definition) is 1. The van der Waals surface area contributed by atoms with E-state index in [-0.39, 0.29) is 5.41 Å². The van der Waals surface area contributed by atoms with Crippen molar-refractivity contribution in [1.29, 1.82) is 5.26 Å². The largest absolute Gasteiger partial charge is 0.381 e. The zero-order chi connectivity index (χ0) is 13.3. The molecule has 0 spiro atoms. The number of nitrogens with one attached hydrogen (secondary N) is 1. The van der Waals surface area contributed by atoms with Gasteiger partial charge >= 0.3 is 0 Å². The Morgan fingerprint density at radius 2 is 2.17 bits per heavy atom. The van der Waals surface area contributed by atoms with Crippen LogP contribution in [0, 0.1) is 23.7 Å². The molecular formula is C15H20N2O. The highest BCUT2D eigenvalue weighted by Gasteiger charge is 2.48. The summed E-state index contributed by atoms with van der Waals surface area (Å²) in [5.74, 6) is 0. The molecule has 0 saturated heterocycles. The summed E-state index contributed by atoms with van der Waals surface area (Å²) >= 11 is 0. The van der Waals surface area contributed by atoms with Crippen LogP contribution in [0.25, 0.3) is 0 Å². The van der Waals surface area contributed by atoms with E-state index in [4.69, 9.17) is 10.00 Å². The van der Waals surface area contributed by atoms with Crippen molar-refractivity contribution in [3.63, 3.8) is 0 Å². The maximum Gasteiger partial charge on any atom is 0.101 e. The molecule has 1 aromatic rings. The molecule has 1 aliphatic rings. The first-order valence-corrected chi connectivity index (χ1v) is 6.29. The molecule has 2 atom stereocenters. The van der Waals surface area contributed by atoms with Gasteiger partial charge in [-0.3, -0.25) is 0 Å². The second-order valence-electron chi connectivity index (χ2n) is 5.64. The van der Waals surface area contributed by atoms with E-state index in [1.54, 1.807) is 7.11 Å². The molecule has 1 fully saturated rings. The summed E-state index contributed by atoms with van der Waals surface area (Å²) in [6.45, 7) is 6.44. The van der Waals surface area contributed by atoms with E-state index < -0.39 is 0 Å². The summed E-state index contributed by atoms with van der Waals surface area (Å²) in [4.78, 5) is 0. The highest BCUT2D eigenvalue weighted by atomic mass is 16.5. The van der Waals surface area contributed by atoms with Crippen molar-refractivity contribution in [2.45, 2.75) is 39.3 Å². The lowest BCUT2D eigenvalue weighted by Crippen LogP contribution is -2.57. The monoisotopic (exact) mass is 244 g/mol. The van der Waals surface area contributed by atoms with Crippen LogP contribution < -0.4 is 5.32 Å². The Bertz CT molecular complexity index is 488.